The van der Waals surface area contributed by atoms with E-state index in [9.17, 15) is 19.7 Å². The standard InChI is InChI=1S/C11H10N3O5/c12-13-6-10(15)5-11(16)19-7-8-1-3-9(4-2-8)14(17)18/h1-4H,5-7H2/q+1. The normalized spacial score (nSPS) is 9.42. The molecular weight excluding hydrogens is 254 g/mol. The molecule has 0 heterocycles. The number of nitro benzene ring substituents is 1. The molecule has 8 nitrogen and oxygen atoms in total. The van der Waals surface area contributed by atoms with Crippen LogP contribution in [0.2, 0.25) is 0 Å². The summed E-state index contributed by atoms with van der Waals surface area (Å²) in [6, 6.07) is 5.49. The van der Waals surface area contributed by atoms with Crippen molar-refractivity contribution in [3.05, 3.63) is 44.9 Å². The molecule has 0 atom stereocenters. The third-order valence-electron chi connectivity index (χ3n) is 2.14. The number of rotatable bonds is 6. The van der Waals surface area contributed by atoms with Crippen LogP contribution < -0.4 is 0 Å². The largest absolute Gasteiger partial charge is 0.460 e. The molecule has 0 radical (unpaired) electrons. The lowest BCUT2D eigenvalue weighted by molar-refractivity contribution is -0.384. The Morgan fingerprint density at radius 2 is 1.95 bits per heavy atom. The second kappa shape index (κ2) is 6.80. The monoisotopic (exact) mass is 264 g/mol. The van der Waals surface area contributed by atoms with Gasteiger partial charge < -0.3 is 4.74 Å². The zero-order chi connectivity index (χ0) is 14.3. The second-order valence-electron chi connectivity index (χ2n) is 3.60. The number of nitro groups is 1. The summed E-state index contributed by atoms with van der Waals surface area (Å²) in [6.07, 6.45) is -0.475. The predicted octanol–water partition coefficient (Wildman–Crippen LogP) is 1.45. The minimum absolute atomic E-state index is 0.0604. The van der Waals surface area contributed by atoms with Gasteiger partial charge in [0.1, 0.15) is 18.0 Å². The highest BCUT2D eigenvalue weighted by atomic mass is 16.6. The van der Waals surface area contributed by atoms with Crippen LogP contribution in [0, 0.1) is 15.5 Å². The van der Waals surface area contributed by atoms with Gasteiger partial charge in [-0.15, -0.1) is 0 Å². The highest BCUT2D eigenvalue weighted by Crippen LogP contribution is 2.12. The topological polar surface area (TPSA) is 115 Å². The van der Waals surface area contributed by atoms with Gasteiger partial charge in [-0.1, -0.05) is 0 Å². The van der Waals surface area contributed by atoms with E-state index in [1.54, 1.807) is 0 Å². The zero-order valence-corrected chi connectivity index (χ0v) is 9.81. The van der Waals surface area contributed by atoms with Gasteiger partial charge in [0.2, 0.25) is 11.2 Å². The van der Waals surface area contributed by atoms with E-state index in [0.29, 0.717) is 5.56 Å². The van der Waals surface area contributed by atoms with Crippen molar-refractivity contribution >= 4 is 17.4 Å². The lowest BCUT2D eigenvalue weighted by atomic mass is 10.2. The predicted molar refractivity (Wildman–Crippen MR) is 62.5 cm³/mol. The summed E-state index contributed by atoms with van der Waals surface area (Å²) < 4.78 is 4.79. The first-order valence-electron chi connectivity index (χ1n) is 5.24. The Balaban J connectivity index is 2.44. The lowest BCUT2D eigenvalue weighted by Crippen LogP contribution is -2.12. The molecule has 0 unspecified atom stereocenters. The van der Waals surface area contributed by atoms with Crippen LogP contribution >= 0.6 is 0 Å². The highest BCUT2D eigenvalue weighted by Gasteiger charge is 2.16. The molecule has 0 bridgehead atoms. The number of hydrogen-bond donors (Lipinski definition) is 0. The van der Waals surface area contributed by atoms with Crippen LogP contribution in [-0.2, 0) is 20.9 Å². The minimum atomic E-state index is -0.744. The smallest absolute Gasteiger partial charge is 0.363 e. The summed E-state index contributed by atoms with van der Waals surface area (Å²) in [5.41, 5.74) is 0.507. The molecule has 0 spiro atoms. The zero-order valence-electron chi connectivity index (χ0n) is 9.81. The van der Waals surface area contributed by atoms with Crippen molar-refractivity contribution in [2.45, 2.75) is 13.0 Å². The number of benzene rings is 1. The maximum atomic E-state index is 11.2. The van der Waals surface area contributed by atoms with Gasteiger partial charge in [0.05, 0.1) is 4.92 Å². The van der Waals surface area contributed by atoms with Crippen molar-refractivity contribution < 1.29 is 19.2 Å². The lowest BCUT2D eigenvalue weighted by Gasteiger charge is -2.03. The van der Waals surface area contributed by atoms with Gasteiger partial charge in [-0.25, -0.2) is 0 Å². The molecule has 0 saturated heterocycles. The quantitative estimate of drug-likeness (QED) is 0.252. The summed E-state index contributed by atoms with van der Waals surface area (Å²) in [7, 11) is 0. The molecule has 0 aromatic heterocycles. The van der Waals surface area contributed by atoms with Gasteiger partial charge in [0, 0.05) is 12.1 Å². The van der Waals surface area contributed by atoms with Gasteiger partial charge in [-0.2, -0.15) is 0 Å². The van der Waals surface area contributed by atoms with E-state index in [2.05, 4.69) is 4.98 Å². The molecular formula is C11H10N3O5+. The van der Waals surface area contributed by atoms with Crippen molar-refractivity contribution in [1.29, 1.82) is 5.39 Å². The van der Waals surface area contributed by atoms with Gasteiger partial charge in [0.15, 0.2) is 0 Å². The molecule has 1 aromatic rings. The third kappa shape index (κ3) is 4.91. The second-order valence-corrected chi connectivity index (χ2v) is 3.60. The Bertz CT molecular complexity index is 532. The molecule has 0 saturated carbocycles. The molecule has 8 heteroatoms. The van der Waals surface area contributed by atoms with Crippen LogP contribution in [0.3, 0.4) is 0 Å². The fourth-order valence-corrected chi connectivity index (χ4v) is 1.22. The number of ether oxygens (including phenoxy) is 1. The summed E-state index contributed by atoms with van der Waals surface area (Å²) in [4.78, 5) is 34.6. The summed E-state index contributed by atoms with van der Waals surface area (Å²) >= 11 is 0. The van der Waals surface area contributed by atoms with Crippen molar-refractivity contribution in [3.63, 3.8) is 0 Å². The Labute approximate surface area is 107 Å². The van der Waals surface area contributed by atoms with Crippen LogP contribution in [0.4, 0.5) is 5.69 Å². The first-order chi connectivity index (χ1) is 9.02. The molecule has 0 fully saturated rings. The third-order valence-corrected chi connectivity index (χ3v) is 2.14. The minimum Gasteiger partial charge on any atom is -0.460 e. The van der Waals surface area contributed by atoms with Crippen molar-refractivity contribution in [2.75, 3.05) is 6.54 Å². The van der Waals surface area contributed by atoms with Crippen LogP contribution in [0.15, 0.2) is 24.3 Å². The van der Waals surface area contributed by atoms with Gasteiger partial charge in [-0.3, -0.25) is 19.7 Å². The van der Waals surface area contributed by atoms with Crippen LogP contribution in [-0.4, -0.2) is 23.2 Å². The molecule has 0 N–H and O–H groups in total. The Morgan fingerprint density at radius 3 is 2.47 bits per heavy atom. The van der Waals surface area contributed by atoms with Crippen molar-refractivity contribution in [3.8, 4) is 0 Å². The summed E-state index contributed by atoms with van der Waals surface area (Å²) in [6.45, 7) is -0.535. The van der Waals surface area contributed by atoms with Crippen LogP contribution in [0.25, 0.3) is 4.98 Å². The fraction of sp³-hybridized carbons (Fsp3) is 0.273. The molecule has 0 aliphatic carbocycles. The number of carbonyl (C=O) groups excluding carboxylic acids is 2. The summed E-state index contributed by atoms with van der Waals surface area (Å²) in [5.74, 6) is -1.30. The summed E-state index contributed by atoms with van der Waals surface area (Å²) in [5, 5.41) is 18.5. The number of diazo groups is 1. The molecule has 98 valence electrons. The number of non-ortho nitro benzene ring substituents is 1. The maximum Gasteiger partial charge on any atom is 0.363 e. The number of carbonyl (C=O) groups is 2. The Kier molecular flexibility index (Phi) is 5.10. The molecule has 0 amide bonds. The SMILES string of the molecule is N#[N+]CC(=O)CC(=O)OCc1ccc([N+](=O)[O-])cc1. The first kappa shape index (κ1) is 14.2. The number of Topliss-reactive ketones (excluding diaryl/α,β-unsaturated/α-hetero) is 1. The van der Waals surface area contributed by atoms with Crippen LogP contribution in [0.5, 0.6) is 0 Å². The van der Waals surface area contributed by atoms with E-state index in [1.165, 1.54) is 24.3 Å². The van der Waals surface area contributed by atoms with E-state index in [-0.39, 0.29) is 12.3 Å². The highest BCUT2D eigenvalue weighted by molar-refractivity contribution is 5.97. The van der Waals surface area contributed by atoms with Gasteiger partial charge in [0.25, 0.3) is 5.69 Å². The number of hydrogen-bond acceptors (Lipinski definition) is 6. The van der Waals surface area contributed by atoms with E-state index in [4.69, 9.17) is 10.1 Å². The van der Waals surface area contributed by atoms with Crippen molar-refractivity contribution in [2.24, 2.45) is 0 Å². The molecule has 19 heavy (non-hydrogen) atoms. The molecule has 1 rings (SSSR count). The number of ketones is 1. The average molecular weight is 264 g/mol. The number of nitrogens with zero attached hydrogens (tertiary/aromatic N) is 3. The van der Waals surface area contributed by atoms with Crippen molar-refractivity contribution in [1.82, 2.24) is 0 Å². The Morgan fingerprint density at radius 1 is 1.32 bits per heavy atom. The first-order valence-corrected chi connectivity index (χ1v) is 5.24. The van der Waals surface area contributed by atoms with Crippen LogP contribution in [0.1, 0.15) is 12.0 Å². The molecule has 1 aromatic carbocycles. The average Bonchev–Trinajstić information content (AvgIpc) is 2.37. The van der Waals surface area contributed by atoms with Gasteiger partial charge in [-0.05, 0) is 17.7 Å². The fourth-order valence-electron chi connectivity index (χ4n) is 1.22. The molecule has 0 aliphatic heterocycles. The van der Waals surface area contributed by atoms with Gasteiger partial charge >= 0.3 is 12.5 Å². The Hall–Kier alpha value is -2.82. The number of esters is 1. The molecule has 0 aliphatic rings. The van der Waals surface area contributed by atoms with E-state index >= 15 is 0 Å². The van der Waals surface area contributed by atoms with E-state index < -0.39 is 29.6 Å². The van der Waals surface area contributed by atoms with E-state index in [0.717, 1.165) is 0 Å². The van der Waals surface area contributed by atoms with E-state index in [1.807, 2.05) is 0 Å². The maximum absolute atomic E-state index is 11.2.